The van der Waals surface area contributed by atoms with Crippen LogP contribution in [0.2, 0.25) is 0 Å². The highest BCUT2D eigenvalue weighted by molar-refractivity contribution is 6.38. The molecule has 8 nitrogen and oxygen atoms in total. The molecule has 0 atom stereocenters. The van der Waals surface area contributed by atoms with E-state index in [1.807, 2.05) is 24.3 Å². The molecule has 0 amide bonds. The lowest BCUT2D eigenvalue weighted by Crippen LogP contribution is -2.02. The Bertz CT molecular complexity index is 2380. The smallest absolute Gasteiger partial charge is 0.336 e. The predicted molar refractivity (Wildman–Crippen MR) is 170 cm³/mol. The molecule has 0 unspecified atom stereocenters. The first-order valence-corrected chi connectivity index (χ1v) is 13.9. The minimum absolute atomic E-state index is 0.153. The van der Waals surface area contributed by atoms with Gasteiger partial charge < -0.3 is 10.2 Å². The van der Waals surface area contributed by atoms with Crippen molar-refractivity contribution in [2.45, 2.75) is 0 Å². The lowest BCUT2D eigenvalue weighted by Gasteiger charge is -2.18. The summed E-state index contributed by atoms with van der Waals surface area (Å²) in [5, 5.41) is 27.6. The molecule has 0 saturated heterocycles. The molecule has 7 aromatic carbocycles. The number of aromatic carboxylic acids is 2. The van der Waals surface area contributed by atoms with Gasteiger partial charge in [0, 0.05) is 32.7 Å². The molecule has 0 fully saturated rings. The first-order valence-electron chi connectivity index (χ1n) is 13.9. The molecule has 2 N–H and O–H groups in total. The number of carbonyl (C=O) groups is 2. The zero-order valence-corrected chi connectivity index (χ0v) is 22.7. The zero-order valence-electron chi connectivity index (χ0n) is 22.7. The van der Waals surface area contributed by atoms with Crippen molar-refractivity contribution in [3.63, 3.8) is 0 Å². The number of hydrogen-bond donors (Lipinski definition) is 2. The lowest BCUT2D eigenvalue weighted by atomic mass is 9.88. The van der Waals surface area contributed by atoms with Gasteiger partial charge in [0.2, 0.25) is 0 Å². The Balaban J connectivity index is 1.34. The Labute approximate surface area is 247 Å². The van der Waals surface area contributed by atoms with Crippen molar-refractivity contribution in [2.24, 2.45) is 0 Å². The highest BCUT2D eigenvalue weighted by Gasteiger charge is 2.22. The zero-order chi connectivity index (χ0) is 29.7. The van der Waals surface area contributed by atoms with Crippen LogP contribution in [0.3, 0.4) is 0 Å². The minimum atomic E-state index is -1.03. The molecule has 0 radical (unpaired) electrons. The van der Waals surface area contributed by atoms with Crippen molar-refractivity contribution in [3.05, 3.63) is 108 Å². The van der Waals surface area contributed by atoms with E-state index < -0.39 is 11.9 Å². The minimum Gasteiger partial charge on any atom is -0.478 e. The maximum Gasteiger partial charge on any atom is 0.336 e. The topological polar surface area (TPSA) is 126 Å². The van der Waals surface area contributed by atoms with E-state index in [9.17, 15) is 19.8 Å². The first-order chi connectivity index (χ1) is 21.5. The average Bonchev–Trinajstić information content (AvgIpc) is 3.05. The van der Waals surface area contributed by atoms with Crippen LogP contribution in [0, 0.1) is 0 Å². The van der Waals surface area contributed by atoms with Crippen LogP contribution in [-0.2, 0) is 0 Å². The summed E-state index contributed by atoms with van der Waals surface area (Å²) in [6.45, 7) is 0. The van der Waals surface area contributed by atoms with Crippen LogP contribution in [0.15, 0.2) is 97.1 Å². The van der Waals surface area contributed by atoms with Crippen LogP contribution >= 0.6 is 0 Å². The quantitative estimate of drug-likeness (QED) is 0.162. The van der Waals surface area contributed by atoms with Gasteiger partial charge in [-0.15, -0.1) is 0 Å². The van der Waals surface area contributed by atoms with E-state index >= 15 is 0 Å². The Morgan fingerprint density at radius 1 is 0.409 bits per heavy atom. The summed E-state index contributed by atoms with van der Waals surface area (Å²) in [5.74, 6) is -1.32. The fourth-order valence-electron chi connectivity index (χ4n) is 6.67. The number of hydrogen-bond acceptors (Lipinski definition) is 6. The van der Waals surface area contributed by atoms with Gasteiger partial charge in [0.15, 0.2) is 11.6 Å². The maximum atomic E-state index is 11.9. The van der Waals surface area contributed by atoms with Gasteiger partial charge in [0.25, 0.3) is 0 Å². The Kier molecular flexibility index (Phi) is 4.77. The van der Waals surface area contributed by atoms with E-state index in [4.69, 9.17) is 19.9 Å². The van der Waals surface area contributed by atoms with Gasteiger partial charge in [-0.25, -0.2) is 29.5 Å². The SMILES string of the molecule is O=C(O)c1ccccc1-c1nc2ccc3c4ccc5nc(-c6ccccc6C(=O)O)nc6ccc(c7ccc(n1)c2c37)c4c56. The normalized spacial score (nSPS) is 12.0. The van der Waals surface area contributed by atoms with Gasteiger partial charge in [0.1, 0.15) is 0 Å². The summed E-state index contributed by atoms with van der Waals surface area (Å²) in [6, 6.07) is 29.6. The van der Waals surface area contributed by atoms with E-state index in [1.165, 1.54) is 0 Å². The second-order valence-corrected chi connectivity index (χ2v) is 10.8. The molecule has 2 aromatic heterocycles. The largest absolute Gasteiger partial charge is 0.478 e. The lowest BCUT2D eigenvalue weighted by molar-refractivity contribution is 0.0687. The number of nitrogens with zero attached hydrogens (tertiary/aromatic N) is 4. The monoisotopic (exact) mass is 570 g/mol. The second kappa shape index (κ2) is 8.62. The molecule has 0 aliphatic heterocycles. The van der Waals surface area contributed by atoms with Gasteiger partial charge >= 0.3 is 11.9 Å². The van der Waals surface area contributed by atoms with E-state index in [2.05, 4.69) is 24.3 Å². The Hall–Kier alpha value is -6.28. The molecule has 206 valence electrons. The summed E-state index contributed by atoms with van der Waals surface area (Å²) < 4.78 is 0. The average molecular weight is 571 g/mol. The first kappa shape index (κ1) is 24.3. The molecule has 0 saturated carbocycles. The highest BCUT2D eigenvalue weighted by Crippen LogP contribution is 2.45. The Morgan fingerprint density at radius 3 is 1.05 bits per heavy atom. The van der Waals surface area contributed by atoms with E-state index in [0.717, 1.165) is 65.2 Å². The van der Waals surface area contributed by atoms with Gasteiger partial charge in [-0.2, -0.15) is 0 Å². The number of fused-ring (bicyclic) bond motifs is 2. The van der Waals surface area contributed by atoms with Crippen molar-refractivity contribution in [1.29, 1.82) is 0 Å². The fraction of sp³-hybridized carbons (Fsp3) is 0. The van der Waals surface area contributed by atoms with Gasteiger partial charge in [-0.05, 0) is 57.9 Å². The summed E-state index contributed by atoms with van der Waals surface area (Å²) in [5.41, 5.74) is 4.20. The van der Waals surface area contributed by atoms with Gasteiger partial charge in [-0.3, -0.25) is 0 Å². The summed E-state index contributed by atoms with van der Waals surface area (Å²) >= 11 is 0. The molecular weight excluding hydrogens is 552 g/mol. The molecule has 0 spiro atoms. The number of carboxylic acids is 2. The summed E-state index contributed by atoms with van der Waals surface area (Å²) in [6.07, 6.45) is 0. The summed E-state index contributed by atoms with van der Waals surface area (Å²) in [4.78, 5) is 43.2. The number of carboxylic acid groups (broad SMARTS) is 2. The van der Waals surface area contributed by atoms with Crippen LogP contribution in [0.4, 0.5) is 0 Å². The van der Waals surface area contributed by atoms with Crippen molar-refractivity contribution in [2.75, 3.05) is 0 Å². The van der Waals surface area contributed by atoms with Crippen molar-refractivity contribution in [1.82, 2.24) is 19.9 Å². The van der Waals surface area contributed by atoms with Crippen LogP contribution < -0.4 is 0 Å². The number of rotatable bonds is 4. The molecular formula is C36H18N4O4. The molecule has 9 aromatic rings. The summed E-state index contributed by atoms with van der Waals surface area (Å²) in [7, 11) is 0. The molecule has 9 rings (SSSR count). The number of aromatic nitrogens is 4. The fourth-order valence-corrected chi connectivity index (χ4v) is 6.67. The standard InChI is InChI=1S/C36H18N4O4/c41-35(42)23-7-3-1-5-21(23)33-37-25-13-9-17-19-11-15-27-32-28(40-34(39-27)22-6-2-4-8-24(22)36(43)44)16-12-20(30(19)32)18-10-14-26(38-33)31(25)29(17)18/h1-16H,(H,41,42)(H,43,44). The number of benzene rings is 7. The highest BCUT2D eigenvalue weighted by atomic mass is 16.4. The van der Waals surface area contributed by atoms with E-state index in [1.54, 1.807) is 48.5 Å². The third kappa shape index (κ3) is 3.22. The van der Waals surface area contributed by atoms with Crippen molar-refractivity contribution < 1.29 is 19.8 Å². The Morgan fingerprint density at radius 2 is 0.727 bits per heavy atom. The van der Waals surface area contributed by atoms with Crippen LogP contribution in [-0.4, -0.2) is 42.1 Å². The van der Waals surface area contributed by atoms with Gasteiger partial charge in [0.05, 0.1) is 33.2 Å². The molecule has 0 aliphatic rings. The molecule has 44 heavy (non-hydrogen) atoms. The predicted octanol–water partition coefficient (Wildman–Crippen LogP) is 7.79. The maximum absolute atomic E-state index is 11.9. The third-order valence-corrected chi connectivity index (χ3v) is 8.52. The molecule has 0 aliphatic carbocycles. The van der Waals surface area contributed by atoms with Crippen molar-refractivity contribution in [3.8, 4) is 22.8 Å². The second-order valence-electron chi connectivity index (χ2n) is 10.8. The molecule has 0 bridgehead atoms. The van der Waals surface area contributed by atoms with E-state index in [-0.39, 0.29) is 11.1 Å². The van der Waals surface area contributed by atoms with Gasteiger partial charge in [-0.1, -0.05) is 60.7 Å². The molecule has 8 heteroatoms. The van der Waals surface area contributed by atoms with Crippen LogP contribution in [0.1, 0.15) is 20.7 Å². The van der Waals surface area contributed by atoms with Crippen molar-refractivity contribution >= 4 is 77.1 Å². The molecule has 2 heterocycles. The third-order valence-electron chi connectivity index (χ3n) is 8.52. The van der Waals surface area contributed by atoms with E-state index in [0.29, 0.717) is 22.8 Å². The van der Waals surface area contributed by atoms with Crippen LogP contribution in [0.5, 0.6) is 0 Å². The van der Waals surface area contributed by atoms with Crippen LogP contribution in [0.25, 0.3) is 87.9 Å².